The topological polar surface area (TPSA) is 15.3 Å². The Labute approximate surface area is 105 Å². The van der Waals surface area contributed by atoms with Gasteiger partial charge in [-0.25, -0.2) is 0 Å². The zero-order valence-electron chi connectivity index (χ0n) is 11.0. The van der Waals surface area contributed by atoms with Gasteiger partial charge in [-0.1, -0.05) is 37.3 Å². The predicted molar refractivity (Wildman–Crippen MR) is 73.4 cm³/mol. The van der Waals surface area contributed by atoms with E-state index in [1.807, 2.05) is 0 Å². The van der Waals surface area contributed by atoms with Crippen LogP contribution in [0.2, 0.25) is 0 Å². The number of nitrogens with one attached hydrogen (secondary N) is 1. The molecule has 1 N–H and O–H groups in total. The number of likely N-dealkylation sites (tertiary alicyclic amines) is 1. The second-order valence-corrected chi connectivity index (χ2v) is 5.05. The lowest BCUT2D eigenvalue weighted by molar-refractivity contribution is 0.250. The van der Waals surface area contributed by atoms with E-state index in [-0.39, 0.29) is 0 Å². The van der Waals surface area contributed by atoms with Gasteiger partial charge in [0, 0.05) is 19.1 Å². The van der Waals surface area contributed by atoms with Gasteiger partial charge in [0.15, 0.2) is 0 Å². The van der Waals surface area contributed by atoms with Crippen LogP contribution in [0.3, 0.4) is 0 Å². The van der Waals surface area contributed by atoms with E-state index in [4.69, 9.17) is 0 Å². The molecule has 2 unspecified atom stereocenters. The summed E-state index contributed by atoms with van der Waals surface area (Å²) in [4.78, 5) is 2.61. The Morgan fingerprint density at radius 2 is 2.12 bits per heavy atom. The Morgan fingerprint density at radius 3 is 2.82 bits per heavy atom. The van der Waals surface area contributed by atoms with Gasteiger partial charge in [-0.05, 0) is 37.9 Å². The van der Waals surface area contributed by atoms with Gasteiger partial charge in [-0.2, -0.15) is 0 Å². The third kappa shape index (κ3) is 3.30. The van der Waals surface area contributed by atoms with E-state index in [0.29, 0.717) is 6.04 Å². The van der Waals surface area contributed by atoms with Crippen molar-refractivity contribution in [3.63, 3.8) is 0 Å². The molecular weight excluding hydrogens is 208 g/mol. The van der Waals surface area contributed by atoms with Gasteiger partial charge in [0.2, 0.25) is 0 Å². The maximum Gasteiger partial charge on any atom is 0.0192 e. The molecule has 1 heterocycles. The fourth-order valence-electron chi connectivity index (χ4n) is 2.67. The molecule has 0 aromatic heterocycles. The first-order chi connectivity index (χ1) is 8.31. The largest absolute Gasteiger partial charge is 0.315 e. The monoisotopic (exact) mass is 232 g/mol. The zero-order chi connectivity index (χ0) is 12.1. The number of rotatable bonds is 5. The van der Waals surface area contributed by atoms with E-state index in [2.05, 4.69) is 54.4 Å². The van der Waals surface area contributed by atoms with E-state index in [1.54, 1.807) is 0 Å². The van der Waals surface area contributed by atoms with Crippen molar-refractivity contribution in [2.45, 2.75) is 32.2 Å². The van der Waals surface area contributed by atoms with Gasteiger partial charge in [0.1, 0.15) is 0 Å². The Balaban J connectivity index is 1.87. The lowest BCUT2D eigenvalue weighted by Crippen LogP contribution is -2.38. The minimum atomic E-state index is 0.656. The molecule has 0 bridgehead atoms. The smallest absolute Gasteiger partial charge is 0.0192 e. The van der Waals surface area contributed by atoms with Crippen LogP contribution in [-0.2, 0) is 0 Å². The average Bonchev–Trinajstić information content (AvgIpc) is 2.86. The minimum absolute atomic E-state index is 0.656. The highest BCUT2D eigenvalue weighted by Crippen LogP contribution is 2.27. The average molecular weight is 232 g/mol. The third-order valence-corrected chi connectivity index (χ3v) is 3.80. The third-order valence-electron chi connectivity index (χ3n) is 3.80. The lowest BCUT2D eigenvalue weighted by atomic mass is 9.99. The van der Waals surface area contributed by atoms with Crippen LogP contribution in [0.15, 0.2) is 30.3 Å². The molecule has 0 saturated carbocycles. The predicted octanol–water partition coefficient (Wildman–Crippen LogP) is 2.47. The SMILES string of the molecule is CCNCC(C)N1CCC(c2ccccc2)C1. The highest BCUT2D eigenvalue weighted by molar-refractivity contribution is 5.21. The Morgan fingerprint density at radius 1 is 1.35 bits per heavy atom. The fraction of sp³-hybridized carbons (Fsp3) is 0.600. The first kappa shape index (κ1) is 12.6. The molecule has 1 fully saturated rings. The summed E-state index contributed by atoms with van der Waals surface area (Å²) >= 11 is 0. The number of nitrogens with zero attached hydrogens (tertiary/aromatic N) is 1. The Hall–Kier alpha value is -0.860. The lowest BCUT2D eigenvalue weighted by Gasteiger charge is -2.24. The fourth-order valence-corrected chi connectivity index (χ4v) is 2.67. The molecule has 2 heteroatoms. The molecule has 2 nitrogen and oxygen atoms in total. The van der Waals surface area contributed by atoms with Gasteiger partial charge in [0.05, 0.1) is 0 Å². The van der Waals surface area contributed by atoms with Crippen LogP contribution in [0, 0.1) is 0 Å². The molecule has 1 aliphatic rings. The van der Waals surface area contributed by atoms with Crippen LogP contribution < -0.4 is 5.32 Å². The maximum absolute atomic E-state index is 3.44. The van der Waals surface area contributed by atoms with Crippen LogP contribution in [0.25, 0.3) is 0 Å². The highest BCUT2D eigenvalue weighted by atomic mass is 15.2. The van der Waals surface area contributed by atoms with Crippen LogP contribution in [-0.4, -0.2) is 37.1 Å². The number of hydrogen-bond donors (Lipinski definition) is 1. The van der Waals surface area contributed by atoms with Gasteiger partial charge in [0.25, 0.3) is 0 Å². The number of benzene rings is 1. The van der Waals surface area contributed by atoms with E-state index < -0.39 is 0 Å². The molecule has 1 aromatic rings. The summed E-state index contributed by atoms with van der Waals surface area (Å²) < 4.78 is 0. The molecule has 0 aliphatic carbocycles. The quantitative estimate of drug-likeness (QED) is 0.839. The standard InChI is InChI=1S/C15H24N2/c1-3-16-11-13(2)17-10-9-15(12-17)14-7-5-4-6-8-14/h4-8,13,15-16H,3,9-12H2,1-2H3. The number of hydrogen-bond acceptors (Lipinski definition) is 2. The molecular formula is C15H24N2. The highest BCUT2D eigenvalue weighted by Gasteiger charge is 2.26. The van der Waals surface area contributed by atoms with Crippen molar-refractivity contribution in [3.05, 3.63) is 35.9 Å². The van der Waals surface area contributed by atoms with Crippen molar-refractivity contribution in [2.75, 3.05) is 26.2 Å². The molecule has 0 amide bonds. The zero-order valence-corrected chi connectivity index (χ0v) is 11.0. The van der Waals surface area contributed by atoms with Crippen molar-refractivity contribution in [2.24, 2.45) is 0 Å². The molecule has 0 radical (unpaired) electrons. The first-order valence-corrected chi connectivity index (χ1v) is 6.81. The van der Waals surface area contributed by atoms with Crippen molar-refractivity contribution < 1.29 is 0 Å². The van der Waals surface area contributed by atoms with Crippen LogP contribution >= 0.6 is 0 Å². The Bertz CT molecular complexity index is 323. The maximum atomic E-state index is 3.44. The summed E-state index contributed by atoms with van der Waals surface area (Å²) in [6.45, 7) is 9.14. The number of likely N-dealkylation sites (N-methyl/N-ethyl adjacent to an activating group) is 1. The van der Waals surface area contributed by atoms with Gasteiger partial charge < -0.3 is 5.32 Å². The minimum Gasteiger partial charge on any atom is -0.315 e. The van der Waals surface area contributed by atoms with Crippen molar-refractivity contribution in [1.29, 1.82) is 0 Å². The first-order valence-electron chi connectivity index (χ1n) is 6.81. The molecule has 1 aromatic carbocycles. The summed E-state index contributed by atoms with van der Waals surface area (Å²) in [7, 11) is 0. The van der Waals surface area contributed by atoms with E-state index in [9.17, 15) is 0 Å². The molecule has 1 aliphatic heterocycles. The molecule has 17 heavy (non-hydrogen) atoms. The van der Waals surface area contributed by atoms with Gasteiger partial charge in [-0.3, -0.25) is 4.90 Å². The summed E-state index contributed by atoms with van der Waals surface area (Å²) in [6.07, 6.45) is 1.31. The summed E-state index contributed by atoms with van der Waals surface area (Å²) in [5, 5.41) is 3.44. The summed E-state index contributed by atoms with van der Waals surface area (Å²) in [6, 6.07) is 11.6. The van der Waals surface area contributed by atoms with Crippen molar-refractivity contribution in [3.8, 4) is 0 Å². The van der Waals surface area contributed by atoms with E-state index in [1.165, 1.54) is 25.1 Å². The second kappa shape index (κ2) is 6.18. The van der Waals surface area contributed by atoms with Gasteiger partial charge in [-0.15, -0.1) is 0 Å². The molecule has 2 atom stereocenters. The molecule has 0 spiro atoms. The van der Waals surface area contributed by atoms with Crippen molar-refractivity contribution in [1.82, 2.24) is 10.2 Å². The van der Waals surface area contributed by atoms with E-state index in [0.717, 1.165) is 19.0 Å². The van der Waals surface area contributed by atoms with Crippen molar-refractivity contribution >= 4 is 0 Å². The van der Waals surface area contributed by atoms with Crippen LogP contribution in [0.5, 0.6) is 0 Å². The molecule has 2 rings (SSSR count). The Kier molecular flexibility index (Phi) is 4.57. The van der Waals surface area contributed by atoms with Crippen LogP contribution in [0.4, 0.5) is 0 Å². The normalized spacial score (nSPS) is 22.8. The molecule has 94 valence electrons. The van der Waals surface area contributed by atoms with Gasteiger partial charge >= 0.3 is 0 Å². The van der Waals surface area contributed by atoms with E-state index >= 15 is 0 Å². The summed E-state index contributed by atoms with van der Waals surface area (Å²) in [5.41, 5.74) is 1.51. The second-order valence-electron chi connectivity index (χ2n) is 5.05. The molecule has 1 saturated heterocycles. The summed E-state index contributed by atoms with van der Waals surface area (Å²) in [5.74, 6) is 0.736. The van der Waals surface area contributed by atoms with Crippen LogP contribution in [0.1, 0.15) is 31.7 Å².